The monoisotopic (exact) mass is 264 g/mol. The van der Waals surface area contributed by atoms with Gasteiger partial charge in [0.25, 0.3) is 0 Å². The molecule has 0 spiro atoms. The van der Waals surface area contributed by atoms with Crippen LogP contribution < -0.4 is 0 Å². The second-order valence-corrected chi connectivity index (χ2v) is 4.30. The quantitative estimate of drug-likeness (QED) is 0.544. The van der Waals surface area contributed by atoms with Crippen molar-refractivity contribution in [3.05, 3.63) is 53.8 Å². The number of benzene rings is 1. The smallest absolute Gasteiger partial charge is 0.151 e. The minimum absolute atomic E-state index is 0.163. The van der Waals surface area contributed by atoms with Crippen molar-refractivity contribution < 1.29 is 20.1 Å². The van der Waals surface area contributed by atoms with E-state index in [0.29, 0.717) is 16.9 Å². The number of aliphatic hydroxyl groups is 2. The summed E-state index contributed by atoms with van der Waals surface area (Å²) in [6.07, 6.45) is 1.62. The van der Waals surface area contributed by atoms with Gasteiger partial charge in [-0.25, -0.2) is 0 Å². The molecule has 1 aromatic carbocycles. The summed E-state index contributed by atoms with van der Waals surface area (Å²) in [6, 6.07) is 4.75. The summed E-state index contributed by atoms with van der Waals surface area (Å²) in [5.41, 5.74) is 1.23. The number of hydrogen-bond acceptors (Lipinski definition) is 4. The number of aromatic hydroxyl groups is 1. The van der Waals surface area contributed by atoms with Gasteiger partial charge in [0.2, 0.25) is 0 Å². The molecule has 104 valence electrons. The van der Waals surface area contributed by atoms with Gasteiger partial charge in [-0.3, -0.25) is 0 Å². The van der Waals surface area contributed by atoms with Crippen molar-refractivity contribution in [2.24, 2.45) is 0 Å². The van der Waals surface area contributed by atoms with E-state index in [1.165, 1.54) is 6.07 Å². The number of hydrogen-bond donors (Lipinski definition) is 3. The molecule has 0 heterocycles. The predicted molar refractivity (Wildman–Crippen MR) is 73.7 cm³/mol. The number of aryl methyl sites for hydroxylation is 1. The Balaban J connectivity index is 2.85. The molecular formula is C15H20O4. The Morgan fingerprint density at radius 3 is 2.68 bits per heavy atom. The Morgan fingerprint density at radius 2 is 2.16 bits per heavy atom. The number of phenolic OH excluding ortho intramolecular Hbond substituents is 1. The Bertz CT molecular complexity index is 465. The van der Waals surface area contributed by atoms with Crippen LogP contribution in [0.1, 0.15) is 24.2 Å². The fraction of sp³-hybridized carbons (Fsp3) is 0.333. The molecule has 1 aromatic rings. The summed E-state index contributed by atoms with van der Waals surface area (Å²) in [5, 5.41) is 28.9. The molecule has 1 rings (SSSR count). The minimum Gasteiger partial charge on any atom is -0.508 e. The number of aliphatic hydroxyl groups excluding tert-OH is 2. The van der Waals surface area contributed by atoms with E-state index in [1.54, 1.807) is 31.2 Å². The van der Waals surface area contributed by atoms with Crippen LogP contribution in [0.2, 0.25) is 0 Å². The molecule has 0 aliphatic carbocycles. The van der Waals surface area contributed by atoms with Crippen molar-refractivity contribution in [2.75, 3.05) is 6.61 Å². The Kier molecular flexibility index (Phi) is 5.60. The second-order valence-electron chi connectivity index (χ2n) is 4.30. The zero-order chi connectivity index (χ0) is 14.4. The standard InChI is InChI=1S/C15H20O4/c1-4-5-11(3)19-14(9-16)15(18)12-6-7-13(17)10(2)8-12/h4-8,14-18H,3,9H2,1-2H3/b5-4-/t14-,15+/m1/s1. The summed E-state index contributed by atoms with van der Waals surface area (Å²) in [4.78, 5) is 0. The third-order valence-electron chi connectivity index (χ3n) is 2.75. The van der Waals surface area contributed by atoms with Crippen molar-refractivity contribution in [2.45, 2.75) is 26.1 Å². The highest BCUT2D eigenvalue weighted by Gasteiger charge is 2.22. The molecule has 0 saturated carbocycles. The van der Waals surface area contributed by atoms with Gasteiger partial charge in [-0.05, 0) is 43.2 Å². The van der Waals surface area contributed by atoms with Crippen molar-refractivity contribution in [3.63, 3.8) is 0 Å². The highest BCUT2D eigenvalue weighted by atomic mass is 16.5. The lowest BCUT2D eigenvalue weighted by Gasteiger charge is -2.23. The number of ether oxygens (including phenoxy) is 1. The first kappa shape index (κ1) is 15.3. The van der Waals surface area contributed by atoms with E-state index in [2.05, 4.69) is 6.58 Å². The van der Waals surface area contributed by atoms with Gasteiger partial charge >= 0.3 is 0 Å². The van der Waals surface area contributed by atoms with Crippen molar-refractivity contribution in [1.82, 2.24) is 0 Å². The zero-order valence-corrected chi connectivity index (χ0v) is 11.2. The van der Waals surface area contributed by atoms with Crippen LogP contribution in [0, 0.1) is 6.92 Å². The van der Waals surface area contributed by atoms with Crippen LogP contribution >= 0.6 is 0 Å². The highest BCUT2D eigenvalue weighted by Crippen LogP contribution is 2.25. The van der Waals surface area contributed by atoms with Crippen molar-refractivity contribution in [1.29, 1.82) is 0 Å². The predicted octanol–water partition coefficient (Wildman–Crippen LogP) is 2.20. The Morgan fingerprint density at radius 1 is 1.47 bits per heavy atom. The number of rotatable bonds is 6. The largest absolute Gasteiger partial charge is 0.508 e. The highest BCUT2D eigenvalue weighted by molar-refractivity contribution is 5.36. The maximum atomic E-state index is 10.2. The summed E-state index contributed by atoms with van der Waals surface area (Å²) in [5.74, 6) is 0.534. The van der Waals surface area contributed by atoms with E-state index >= 15 is 0 Å². The van der Waals surface area contributed by atoms with Gasteiger partial charge in [-0.15, -0.1) is 0 Å². The molecule has 4 nitrogen and oxygen atoms in total. The lowest BCUT2D eigenvalue weighted by atomic mass is 10.0. The van der Waals surface area contributed by atoms with E-state index < -0.39 is 12.2 Å². The molecule has 0 radical (unpaired) electrons. The molecule has 19 heavy (non-hydrogen) atoms. The zero-order valence-electron chi connectivity index (χ0n) is 11.2. The van der Waals surface area contributed by atoms with Gasteiger partial charge in [-0.1, -0.05) is 18.7 Å². The molecule has 0 bridgehead atoms. The molecule has 0 aliphatic rings. The maximum absolute atomic E-state index is 10.2. The number of phenols is 1. The molecule has 0 saturated heterocycles. The van der Waals surface area contributed by atoms with Crippen LogP contribution in [0.15, 0.2) is 42.7 Å². The SMILES string of the molecule is C=C(/C=C\C)O[C@H](CO)[C@@H](O)c1ccc(O)c(C)c1. The second kappa shape index (κ2) is 6.97. The van der Waals surface area contributed by atoms with Crippen LogP contribution in [0.25, 0.3) is 0 Å². The first-order chi connectivity index (χ1) is 8.99. The molecule has 2 atom stereocenters. The van der Waals surface area contributed by atoms with E-state index in [0.717, 1.165) is 0 Å². The van der Waals surface area contributed by atoms with E-state index in [-0.39, 0.29) is 12.4 Å². The van der Waals surface area contributed by atoms with Crippen LogP contribution in [0.3, 0.4) is 0 Å². The average Bonchev–Trinajstić information content (AvgIpc) is 2.38. The lowest BCUT2D eigenvalue weighted by Crippen LogP contribution is -2.25. The third kappa shape index (κ3) is 4.12. The van der Waals surface area contributed by atoms with E-state index in [9.17, 15) is 15.3 Å². The Labute approximate surface area is 113 Å². The molecule has 0 unspecified atom stereocenters. The maximum Gasteiger partial charge on any atom is 0.151 e. The normalized spacial score (nSPS) is 14.3. The third-order valence-corrected chi connectivity index (χ3v) is 2.75. The molecular weight excluding hydrogens is 244 g/mol. The Hall–Kier alpha value is -1.78. The van der Waals surface area contributed by atoms with Crippen LogP contribution in [-0.2, 0) is 4.74 Å². The fourth-order valence-electron chi connectivity index (χ4n) is 1.70. The first-order valence-electron chi connectivity index (χ1n) is 6.06. The minimum atomic E-state index is -0.994. The van der Waals surface area contributed by atoms with Gasteiger partial charge in [0.15, 0.2) is 6.10 Å². The van der Waals surface area contributed by atoms with Crippen LogP contribution in [-0.4, -0.2) is 28.0 Å². The summed E-state index contributed by atoms with van der Waals surface area (Å²) >= 11 is 0. The van der Waals surface area contributed by atoms with Gasteiger partial charge in [0, 0.05) is 0 Å². The number of allylic oxidation sites excluding steroid dienone is 2. The summed E-state index contributed by atoms with van der Waals surface area (Å²) < 4.78 is 5.38. The molecule has 0 fully saturated rings. The van der Waals surface area contributed by atoms with Crippen molar-refractivity contribution >= 4 is 0 Å². The average molecular weight is 264 g/mol. The van der Waals surface area contributed by atoms with Gasteiger partial charge in [-0.2, -0.15) is 0 Å². The van der Waals surface area contributed by atoms with Gasteiger partial charge in [0.05, 0.1) is 6.61 Å². The topological polar surface area (TPSA) is 69.9 Å². The lowest BCUT2D eigenvalue weighted by molar-refractivity contribution is -0.0316. The van der Waals surface area contributed by atoms with Gasteiger partial charge < -0.3 is 20.1 Å². The molecule has 0 aliphatic heterocycles. The summed E-state index contributed by atoms with van der Waals surface area (Å²) in [6.45, 7) is 6.89. The first-order valence-corrected chi connectivity index (χ1v) is 6.06. The molecule has 0 amide bonds. The van der Waals surface area contributed by atoms with Gasteiger partial charge in [0.1, 0.15) is 17.6 Å². The van der Waals surface area contributed by atoms with E-state index in [1.807, 2.05) is 6.92 Å². The molecule has 3 N–H and O–H groups in total. The van der Waals surface area contributed by atoms with Crippen LogP contribution in [0.4, 0.5) is 0 Å². The van der Waals surface area contributed by atoms with Crippen molar-refractivity contribution in [3.8, 4) is 5.75 Å². The van der Waals surface area contributed by atoms with E-state index in [4.69, 9.17) is 4.74 Å². The molecule has 0 aromatic heterocycles. The van der Waals surface area contributed by atoms with Crippen LogP contribution in [0.5, 0.6) is 5.75 Å². The molecule has 4 heteroatoms. The summed E-state index contributed by atoms with van der Waals surface area (Å²) in [7, 11) is 0. The fourth-order valence-corrected chi connectivity index (χ4v) is 1.70.